The van der Waals surface area contributed by atoms with Crippen molar-refractivity contribution in [2.24, 2.45) is 0 Å². The number of hydroxylamine groups is 2. The van der Waals surface area contributed by atoms with Crippen LogP contribution in [0.3, 0.4) is 0 Å². The second-order valence-electron chi connectivity index (χ2n) is 3.43. The summed E-state index contributed by atoms with van der Waals surface area (Å²) >= 11 is 0. The van der Waals surface area contributed by atoms with Gasteiger partial charge in [0.25, 0.3) is 0 Å². The third-order valence-corrected chi connectivity index (χ3v) is 2.24. The molecule has 1 rings (SSSR count). The molecule has 0 spiro atoms. The van der Waals surface area contributed by atoms with Crippen LogP contribution in [0.4, 0.5) is 0 Å². The molecule has 1 heterocycles. The molecule has 0 aromatic carbocycles. The highest BCUT2D eigenvalue weighted by atomic mass is 16.7. The predicted octanol–water partition coefficient (Wildman–Crippen LogP) is -2.60. The Balaban J connectivity index is 3.28. The molecule has 0 fully saturated rings. The van der Waals surface area contributed by atoms with E-state index in [4.69, 9.17) is 4.84 Å². The molecule has 0 atom stereocenters. The SMILES string of the molecule is CN1OC(C(=O)[O-])=C(C(=O)[O-])C1(C)C. The van der Waals surface area contributed by atoms with Crippen LogP contribution in [0, 0.1) is 0 Å². The first kappa shape index (κ1) is 10.5. The fourth-order valence-corrected chi connectivity index (χ4v) is 1.21. The van der Waals surface area contributed by atoms with Crippen molar-refractivity contribution in [3.05, 3.63) is 11.3 Å². The predicted molar refractivity (Wildman–Crippen MR) is 40.0 cm³/mol. The molecule has 0 bridgehead atoms. The van der Waals surface area contributed by atoms with Gasteiger partial charge in [0.15, 0.2) is 5.76 Å². The van der Waals surface area contributed by atoms with Gasteiger partial charge in [-0.2, -0.15) is 0 Å². The van der Waals surface area contributed by atoms with Gasteiger partial charge in [0.1, 0.15) is 5.97 Å². The first-order valence-electron chi connectivity index (χ1n) is 3.87. The van der Waals surface area contributed by atoms with Crippen molar-refractivity contribution in [1.82, 2.24) is 5.06 Å². The van der Waals surface area contributed by atoms with Gasteiger partial charge in [-0.1, -0.05) is 0 Å². The van der Waals surface area contributed by atoms with E-state index >= 15 is 0 Å². The number of rotatable bonds is 2. The first-order valence-corrected chi connectivity index (χ1v) is 3.87. The number of nitrogens with zero attached hydrogens (tertiary/aromatic N) is 1. The molecule has 0 unspecified atom stereocenters. The highest BCUT2D eigenvalue weighted by Crippen LogP contribution is 2.33. The lowest BCUT2D eigenvalue weighted by molar-refractivity contribution is -0.308. The van der Waals surface area contributed by atoms with Crippen LogP contribution in [0.25, 0.3) is 0 Å². The molecular formula is C8H9NO5-2. The Morgan fingerprint density at radius 3 is 2.07 bits per heavy atom. The molecule has 0 aromatic heterocycles. The average molecular weight is 199 g/mol. The number of hydrogen-bond acceptors (Lipinski definition) is 6. The molecule has 0 N–H and O–H groups in total. The van der Waals surface area contributed by atoms with Crippen LogP contribution >= 0.6 is 0 Å². The van der Waals surface area contributed by atoms with Gasteiger partial charge in [-0.15, -0.1) is 5.06 Å². The maximum Gasteiger partial charge on any atom is 0.177 e. The number of carboxylic acid groups (broad SMARTS) is 2. The van der Waals surface area contributed by atoms with Crippen molar-refractivity contribution in [3.63, 3.8) is 0 Å². The smallest absolute Gasteiger partial charge is 0.177 e. The lowest BCUT2D eigenvalue weighted by Crippen LogP contribution is -2.43. The van der Waals surface area contributed by atoms with Crippen molar-refractivity contribution >= 4 is 11.9 Å². The lowest BCUT2D eigenvalue weighted by Gasteiger charge is -2.27. The fraction of sp³-hybridized carbons (Fsp3) is 0.500. The molecule has 14 heavy (non-hydrogen) atoms. The van der Waals surface area contributed by atoms with E-state index in [0.717, 1.165) is 5.06 Å². The van der Waals surface area contributed by atoms with E-state index in [9.17, 15) is 19.8 Å². The summed E-state index contributed by atoms with van der Waals surface area (Å²) in [4.78, 5) is 26.0. The molecule has 0 aliphatic carbocycles. The van der Waals surface area contributed by atoms with E-state index in [0.29, 0.717) is 0 Å². The van der Waals surface area contributed by atoms with E-state index in [-0.39, 0.29) is 0 Å². The minimum absolute atomic E-state index is 0.417. The first-order chi connectivity index (χ1) is 6.28. The van der Waals surface area contributed by atoms with Crippen molar-refractivity contribution < 1.29 is 24.6 Å². The van der Waals surface area contributed by atoms with Crippen molar-refractivity contribution in [2.75, 3.05) is 7.05 Å². The van der Waals surface area contributed by atoms with Gasteiger partial charge in [-0.25, -0.2) is 0 Å². The van der Waals surface area contributed by atoms with Crippen LogP contribution in [0.15, 0.2) is 11.3 Å². The number of carbonyl (C=O) groups excluding carboxylic acids is 2. The molecule has 0 aromatic rings. The van der Waals surface area contributed by atoms with Crippen LogP contribution in [0.1, 0.15) is 13.8 Å². The van der Waals surface area contributed by atoms with E-state index < -0.39 is 28.8 Å². The molecule has 6 heteroatoms. The minimum atomic E-state index is -1.67. The van der Waals surface area contributed by atoms with Crippen LogP contribution in [-0.2, 0) is 14.4 Å². The van der Waals surface area contributed by atoms with Crippen molar-refractivity contribution in [3.8, 4) is 0 Å². The summed E-state index contributed by atoms with van der Waals surface area (Å²) in [5.74, 6) is -3.93. The third-order valence-electron chi connectivity index (χ3n) is 2.24. The molecule has 1 aliphatic rings. The topological polar surface area (TPSA) is 92.7 Å². The summed E-state index contributed by atoms with van der Waals surface area (Å²) in [7, 11) is 1.43. The van der Waals surface area contributed by atoms with Crippen molar-refractivity contribution in [2.45, 2.75) is 19.4 Å². The Morgan fingerprint density at radius 2 is 1.79 bits per heavy atom. The zero-order chi connectivity index (χ0) is 11.1. The van der Waals surface area contributed by atoms with Gasteiger partial charge >= 0.3 is 0 Å². The van der Waals surface area contributed by atoms with E-state index in [1.165, 1.54) is 20.9 Å². The maximum atomic E-state index is 10.7. The van der Waals surface area contributed by atoms with Gasteiger partial charge in [0.05, 0.1) is 11.5 Å². The summed E-state index contributed by atoms with van der Waals surface area (Å²) in [5.41, 5.74) is -1.46. The maximum absolute atomic E-state index is 10.7. The Morgan fingerprint density at radius 1 is 1.29 bits per heavy atom. The van der Waals surface area contributed by atoms with Gasteiger partial charge in [0.2, 0.25) is 0 Å². The standard InChI is InChI=1S/C8H11NO5/c1-8(2)4(6(10)11)5(7(12)13)14-9(8)3/h1-3H3,(H,10,11)(H,12,13)/p-2. The Kier molecular flexibility index (Phi) is 2.24. The normalized spacial score (nSPS) is 20.8. The van der Waals surface area contributed by atoms with Crippen LogP contribution in [0.5, 0.6) is 0 Å². The summed E-state index contributed by atoms with van der Waals surface area (Å²) in [6.07, 6.45) is 0. The summed E-state index contributed by atoms with van der Waals surface area (Å²) in [6, 6.07) is 0. The van der Waals surface area contributed by atoms with Crippen LogP contribution < -0.4 is 10.2 Å². The Bertz CT molecular complexity index is 331. The molecule has 6 nitrogen and oxygen atoms in total. The Labute approximate surface area is 80.3 Å². The van der Waals surface area contributed by atoms with Gasteiger partial charge in [-0.05, 0) is 13.8 Å². The third kappa shape index (κ3) is 1.33. The van der Waals surface area contributed by atoms with E-state index in [1.54, 1.807) is 0 Å². The molecule has 1 aliphatic heterocycles. The number of hydrogen-bond donors (Lipinski definition) is 0. The molecule has 0 amide bonds. The number of carboxylic acids is 2. The van der Waals surface area contributed by atoms with E-state index in [1.807, 2.05) is 0 Å². The number of carbonyl (C=O) groups is 2. The fourth-order valence-electron chi connectivity index (χ4n) is 1.21. The Hall–Kier alpha value is -1.56. The molecule has 0 saturated carbocycles. The van der Waals surface area contributed by atoms with Crippen LogP contribution in [-0.4, -0.2) is 29.6 Å². The lowest BCUT2D eigenvalue weighted by atomic mass is 9.94. The minimum Gasteiger partial charge on any atom is -0.545 e. The monoisotopic (exact) mass is 199 g/mol. The quantitative estimate of drug-likeness (QED) is 0.484. The second-order valence-corrected chi connectivity index (χ2v) is 3.43. The van der Waals surface area contributed by atoms with Crippen LogP contribution in [0.2, 0.25) is 0 Å². The van der Waals surface area contributed by atoms with Crippen molar-refractivity contribution in [1.29, 1.82) is 0 Å². The number of likely N-dealkylation sites (N-methyl/N-ethyl adjacent to an activating group) is 1. The van der Waals surface area contributed by atoms with Gasteiger partial charge in [0, 0.05) is 12.6 Å². The molecule has 0 radical (unpaired) electrons. The molecular weight excluding hydrogens is 190 g/mol. The highest BCUT2D eigenvalue weighted by Gasteiger charge is 2.40. The molecule has 0 saturated heterocycles. The largest absolute Gasteiger partial charge is 0.545 e. The molecule has 78 valence electrons. The summed E-state index contributed by atoms with van der Waals surface area (Å²) in [6.45, 7) is 3.02. The number of aliphatic carboxylic acids is 2. The zero-order valence-corrected chi connectivity index (χ0v) is 7.99. The highest BCUT2D eigenvalue weighted by molar-refractivity contribution is 5.98. The average Bonchev–Trinajstić information content (AvgIpc) is 2.23. The summed E-state index contributed by atoms with van der Waals surface area (Å²) < 4.78 is 0. The second kappa shape index (κ2) is 2.98. The summed E-state index contributed by atoms with van der Waals surface area (Å²) in [5, 5.41) is 22.4. The van der Waals surface area contributed by atoms with E-state index in [2.05, 4.69) is 0 Å². The van der Waals surface area contributed by atoms with Gasteiger partial charge in [-0.3, -0.25) is 0 Å². The zero-order valence-electron chi connectivity index (χ0n) is 7.99. The van der Waals surface area contributed by atoms with Gasteiger partial charge < -0.3 is 24.6 Å².